The molecule has 1 aliphatic heterocycles. The van der Waals surface area contributed by atoms with Gasteiger partial charge < -0.3 is 9.15 Å². The molecule has 0 spiro atoms. The highest BCUT2D eigenvalue weighted by Gasteiger charge is 2.30. The van der Waals surface area contributed by atoms with Gasteiger partial charge in [-0.05, 0) is 32.2 Å². The monoisotopic (exact) mass is 315 g/mol. The molecule has 2 aliphatic rings. The maximum atomic E-state index is 5.76. The van der Waals surface area contributed by atoms with Gasteiger partial charge in [-0.25, -0.2) is 4.98 Å². The van der Waals surface area contributed by atoms with Crippen LogP contribution in [0.3, 0.4) is 0 Å². The summed E-state index contributed by atoms with van der Waals surface area (Å²) in [5.74, 6) is 3.17. The van der Waals surface area contributed by atoms with E-state index in [1.54, 1.807) is 18.6 Å². The van der Waals surface area contributed by atoms with Crippen molar-refractivity contribution in [2.75, 3.05) is 19.7 Å². The minimum Gasteiger partial charge on any atom is -0.476 e. The molecule has 0 N–H and O–H groups in total. The lowest BCUT2D eigenvalue weighted by Crippen LogP contribution is -2.37. The molecule has 7 nitrogen and oxygen atoms in total. The summed E-state index contributed by atoms with van der Waals surface area (Å²) in [6.45, 7) is 3.47. The van der Waals surface area contributed by atoms with Gasteiger partial charge in [-0.15, -0.1) is 10.2 Å². The Hall–Kier alpha value is -2.02. The van der Waals surface area contributed by atoms with Gasteiger partial charge in [0.25, 0.3) is 0 Å². The van der Waals surface area contributed by atoms with Crippen LogP contribution in [0, 0.1) is 5.92 Å². The number of likely N-dealkylation sites (tertiary alicyclic amines) is 1. The molecular formula is C16H21N5O2. The van der Waals surface area contributed by atoms with Crippen LogP contribution in [0.2, 0.25) is 0 Å². The third-order valence-electron chi connectivity index (χ3n) is 4.38. The van der Waals surface area contributed by atoms with Crippen molar-refractivity contribution in [3.63, 3.8) is 0 Å². The van der Waals surface area contributed by atoms with Gasteiger partial charge in [-0.2, -0.15) is 0 Å². The lowest BCUT2D eigenvalue weighted by Gasteiger charge is -2.31. The fourth-order valence-electron chi connectivity index (χ4n) is 3.01. The molecule has 2 aromatic heterocycles. The lowest BCUT2D eigenvalue weighted by molar-refractivity contribution is 0.115. The summed E-state index contributed by atoms with van der Waals surface area (Å²) in [4.78, 5) is 10.5. The standard InChI is InChI=1S/C16H21N5O2/c1-2-12(11-22-14-8-17-5-6-18-14)9-21(7-1)10-15-19-20-16(23-15)13-3-4-13/h5-6,8,12-13H,1-4,7,9-11H2. The average Bonchev–Trinajstić information content (AvgIpc) is 3.34. The molecular weight excluding hydrogens is 294 g/mol. The number of nitrogens with zero attached hydrogens (tertiary/aromatic N) is 5. The van der Waals surface area contributed by atoms with Gasteiger partial charge >= 0.3 is 0 Å². The molecule has 23 heavy (non-hydrogen) atoms. The van der Waals surface area contributed by atoms with Crippen LogP contribution < -0.4 is 4.74 Å². The predicted octanol–water partition coefficient (Wildman–Crippen LogP) is 2.03. The van der Waals surface area contributed by atoms with Crippen LogP contribution >= 0.6 is 0 Å². The summed E-state index contributed by atoms with van der Waals surface area (Å²) < 4.78 is 11.5. The van der Waals surface area contributed by atoms with E-state index in [-0.39, 0.29) is 0 Å². The molecule has 122 valence electrons. The van der Waals surface area contributed by atoms with Gasteiger partial charge in [0.2, 0.25) is 17.7 Å². The smallest absolute Gasteiger partial charge is 0.232 e. The molecule has 2 aromatic rings. The van der Waals surface area contributed by atoms with Crippen LogP contribution in [-0.2, 0) is 6.54 Å². The van der Waals surface area contributed by atoms with E-state index in [0.717, 1.165) is 37.8 Å². The number of hydrogen-bond donors (Lipinski definition) is 0. The third-order valence-corrected chi connectivity index (χ3v) is 4.38. The Kier molecular flexibility index (Phi) is 4.19. The normalized spacial score (nSPS) is 22.2. The van der Waals surface area contributed by atoms with E-state index in [4.69, 9.17) is 9.15 Å². The fourth-order valence-corrected chi connectivity index (χ4v) is 3.01. The predicted molar refractivity (Wildman–Crippen MR) is 81.8 cm³/mol. The van der Waals surface area contributed by atoms with E-state index in [1.807, 2.05) is 0 Å². The largest absolute Gasteiger partial charge is 0.476 e. The minimum absolute atomic E-state index is 0.497. The zero-order chi connectivity index (χ0) is 15.5. The summed E-state index contributed by atoms with van der Waals surface area (Å²) in [5.41, 5.74) is 0. The highest BCUT2D eigenvalue weighted by molar-refractivity contribution is 5.01. The van der Waals surface area contributed by atoms with Crippen LogP contribution in [0.1, 0.15) is 43.4 Å². The van der Waals surface area contributed by atoms with Crippen molar-refractivity contribution < 1.29 is 9.15 Å². The van der Waals surface area contributed by atoms with Crippen LogP contribution in [0.5, 0.6) is 5.88 Å². The van der Waals surface area contributed by atoms with Gasteiger partial charge in [0.15, 0.2) is 0 Å². The van der Waals surface area contributed by atoms with Crippen molar-refractivity contribution in [3.05, 3.63) is 30.4 Å². The van der Waals surface area contributed by atoms with Crippen molar-refractivity contribution in [2.45, 2.75) is 38.1 Å². The van der Waals surface area contributed by atoms with Gasteiger partial charge in [-0.1, -0.05) is 0 Å². The Morgan fingerprint density at radius 3 is 3.00 bits per heavy atom. The Labute approximate surface area is 135 Å². The van der Waals surface area contributed by atoms with E-state index in [0.29, 0.717) is 24.3 Å². The molecule has 0 radical (unpaired) electrons. The SMILES string of the molecule is c1cnc(OCC2CCCN(Cc3nnc(C4CC4)o3)C2)cn1. The molecule has 7 heteroatoms. The first-order valence-corrected chi connectivity index (χ1v) is 8.30. The zero-order valence-electron chi connectivity index (χ0n) is 13.1. The molecule has 1 atom stereocenters. The van der Waals surface area contributed by atoms with Crippen LogP contribution in [0.4, 0.5) is 0 Å². The van der Waals surface area contributed by atoms with Crippen LogP contribution in [-0.4, -0.2) is 44.8 Å². The third kappa shape index (κ3) is 3.85. The van der Waals surface area contributed by atoms with Gasteiger partial charge in [0.1, 0.15) is 0 Å². The summed E-state index contributed by atoms with van der Waals surface area (Å²) in [5, 5.41) is 8.34. The van der Waals surface area contributed by atoms with Crippen LogP contribution in [0.25, 0.3) is 0 Å². The first-order chi connectivity index (χ1) is 11.4. The van der Waals surface area contributed by atoms with Gasteiger partial charge in [0, 0.05) is 30.8 Å². The first kappa shape index (κ1) is 14.6. The Balaban J connectivity index is 1.28. The molecule has 0 aromatic carbocycles. The minimum atomic E-state index is 0.497. The highest BCUT2D eigenvalue weighted by Crippen LogP contribution is 2.39. The zero-order valence-corrected chi connectivity index (χ0v) is 13.1. The van der Waals surface area contributed by atoms with Crippen molar-refractivity contribution >= 4 is 0 Å². The summed E-state index contributed by atoms with van der Waals surface area (Å²) in [6.07, 6.45) is 9.66. The van der Waals surface area contributed by atoms with E-state index in [9.17, 15) is 0 Å². The quantitative estimate of drug-likeness (QED) is 0.807. The molecule has 2 fully saturated rings. The second-order valence-electron chi connectivity index (χ2n) is 6.41. The molecule has 3 heterocycles. The highest BCUT2D eigenvalue weighted by atomic mass is 16.5. The van der Waals surface area contributed by atoms with Crippen molar-refractivity contribution in [1.29, 1.82) is 0 Å². The van der Waals surface area contributed by atoms with Crippen molar-refractivity contribution in [1.82, 2.24) is 25.1 Å². The Bertz CT molecular complexity index is 628. The summed E-state index contributed by atoms with van der Waals surface area (Å²) >= 11 is 0. The fraction of sp³-hybridized carbons (Fsp3) is 0.625. The molecule has 1 unspecified atom stereocenters. The molecule has 1 aliphatic carbocycles. The van der Waals surface area contributed by atoms with Crippen LogP contribution in [0.15, 0.2) is 23.0 Å². The van der Waals surface area contributed by atoms with Crippen molar-refractivity contribution in [3.8, 4) is 5.88 Å². The van der Waals surface area contributed by atoms with E-state index < -0.39 is 0 Å². The molecule has 0 bridgehead atoms. The number of ether oxygens (including phenoxy) is 1. The van der Waals surface area contributed by atoms with Gasteiger partial charge in [-0.3, -0.25) is 9.88 Å². The van der Waals surface area contributed by atoms with E-state index >= 15 is 0 Å². The topological polar surface area (TPSA) is 77.2 Å². The van der Waals surface area contributed by atoms with Crippen molar-refractivity contribution in [2.24, 2.45) is 5.92 Å². The Morgan fingerprint density at radius 1 is 1.22 bits per heavy atom. The summed E-state index contributed by atoms with van der Waals surface area (Å²) in [6, 6.07) is 0. The Morgan fingerprint density at radius 2 is 2.17 bits per heavy atom. The van der Waals surface area contributed by atoms with Gasteiger partial charge in [0.05, 0.1) is 19.3 Å². The average molecular weight is 315 g/mol. The number of hydrogen-bond acceptors (Lipinski definition) is 7. The van der Waals surface area contributed by atoms with E-state index in [1.165, 1.54) is 19.3 Å². The summed E-state index contributed by atoms with van der Waals surface area (Å²) in [7, 11) is 0. The maximum Gasteiger partial charge on any atom is 0.232 e. The maximum absolute atomic E-state index is 5.76. The van der Waals surface area contributed by atoms with E-state index in [2.05, 4.69) is 25.1 Å². The molecule has 1 saturated heterocycles. The number of aromatic nitrogens is 4. The molecule has 4 rings (SSSR count). The number of rotatable bonds is 6. The number of piperidine rings is 1. The second kappa shape index (κ2) is 6.62. The first-order valence-electron chi connectivity index (χ1n) is 8.30. The second-order valence-corrected chi connectivity index (χ2v) is 6.41. The lowest BCUT2D eigenvalue weighted by atomic mass is 9.99. The molecule has 1 saturated carbocycles. The molecule has 0 amide bonds.